The van der Waals surface area contributed by atoms with Gasteiger partial charge in [0.1, 0.15) is 0 Å². The molecule has 0 saturated carbocycles. The van der Waals surface area contributed by atoms with Crippen LogP contribution in [0, 0.1) is 6.92 Å². The van der Waals surface area contributed by atoms with Crippen molar-refractivity contribution in [3.05, 3.63) is 50.1 Å². The Morgan fingerprint density at radius 3 is 2.57 bits per heavy atom. The van der Waals surface area contributed by atoms with E-state index >= 15 is 0 Å². The maximum Gasteiger partial charge on any atom is 0.175 e. The van der Waals surface area contributed by atoms with Gasteiger partial charge in [0.15, 0.2) is 9.84 Å². The zero-order valence-electron chi connectivity index (χ0n) is 12.2. The van der Waals surface area contributed by atoms with Crippen LogP contribution in [-0.4, -0.2) is 21.2 Å². The van der Waals surface area contributed by atoms with Crippen molar-refractivity contribution >= 4 is 37.1 Å². The molecule has 2 rings (SSSR count). The zero-order valence-corrected chi connectivity index (χ0v) is 15.4. The standard InChI is InChI=1S/C15H18BrNO2S2/c1-4-17-14(13-8-10(2)15(16)20-13)11-6-5-7-12(9-11)21(3,18)19/h5-9,14,17H,4H2,1-3H3. The van der Waals surface area contributed by atoms with Crippen molar-refractivity contribution in [1.29, 1.82) is 0 Å². The van der Waals surface area contributed by atoms with Gasteiger partial charge in [-0.2, -0.15) is 0 Å². The molecule has 1 heterocycles. The van der Waals surface area contributed by atoms with E-state index in [0.29, 0.717) is 4.90 Å². The molecule has 0 spiro atoms. The van der Waals surface area contributed by atoms with Crippen molar-refractivity contribution < 1.29 is 8.42 Å². The van der Waals surface area contributed by atoms with Crippen molar-refractivity contribution in [2.75, 3.05) is 12.8 Å². The van der Waals surface area contributed by atoms with Gasteiger partial charge < -0.3 is 5.32 Å². The molecular formula is C15H18BrNO2S2. The summed E-state index contributed by atoms with van der Waals surface area (Å²) >= 11 is 5.22. The molecular weight excluding hydrogens is 370 g/mol. The molecule has 1 unspecified atom stereocenters. The fraction of sp³-hybridized carbons (Fsp3) is 0.333. The highest BCUT2D eigenvalue weighted by atomic mass is 79.9. The molecule has 21 heavy (non-hydrogen) atoms. The van der Waals surface area contributed by atoms with Gasteiger partial charge in [0.05, 0.1) is 14.7 Å². The summed E-state index contributed by atoms with van der Waals surface area (Å²) in [4.78, 5) is 1.53. The van der Waals surface area contributed by atoms with E-state index in [2.05, 4.69) is 34.2 Å². The fourth-order valence-electron chi connectivity index (χ4n) is 2.14. The van der Waals surface area contributed by atoms with Crippen LogP contribution in [0.5, 0.6) is 0 Å². The van der Waals surface area contributed by atoms with Crippen molar-refractivity contribution in [2.24, 2.45) is 0 Å². The van der Waals surface area contributed by atoms with E-state index in [-0.39, 0.29) is 6.04 Å². The van der Waals surface area contributed by atoms with Crippen LogP contribution in [-0.2, 0) is 9.84 Å². The third kappa shape index (κ3) is 3.94. The van der Waals surface area contributed by atoms with Gasteiger partial charge in [-0.15, -0.1) is 11.3 Å². The number of nitrogens with one attached hydrogen (secondary N) is 1. The van der Waals surface area contributed by atoms with Crippen LogP contribution in [0.2, 0.25) is 0 Å². The van der Waals surface area contributed by atoms with Crippen LogP contribution in [0.3, 0.4) is 0 Å². The first-order chi connectivity index (χ1) is 9.82. The molecule has 1 atom stereocenters. The summed E-state index contributed by atoms with van der Waals surface area (Å²) in [6, 6.07) is 9.29. The lowest BCUT2D eigenvalue weighted by molar-refractivity contribution is 0.600. The summed E-state index contributed by atoms with van der Waals surface area (Å²) in [6.45, 7) is 4.91. The van der Waals surface area contributed by atoms with Gasteiger partial charge in [-0.3, -0.25) is 0 Å². The molecule has 1 aromatic carbocycles. The molecule has 0 aliphatic carbocycles. The Bertz CT molecular complexity index is 718. The Morgan fingerprint density at radius 1 is 1.33 bits per heavy atom. The first kappa shape index (κ1) is 16.7. The summed E-state index contributed by atoms with van der Waals surface area (Å²) < 4.78 is 24.6. The molecule has 0 aliphatic heterocycles. The predicted octanol–water partition coefficient (Wildman–Crippen LogP) is 3.92. The molecule has 3 nitrogen and oxygen atoms in total. The monoisotopic (exact) mass is 387 g/mol. The number of benzene rings is 1. The first-order valence-electron chi connectivity index (χ1n) is 6.62. The van der Waals surface area contributed by atoms with Crippen molar-refractivity contribution in [2.45, 2.75) is 24.8 Å². The minimum absolute atomic E-state index is 0.00620. The maximum absolute atomic E-state index is 11.7. The van der Waals surface area contributed by atoms with Gasteiger partial charge in [0, 0.05) is 11.1 Å². The molecule has 0 bridgehead atoms. The lowest BCUT2D eigenvalue weighted by Crippen LogP contribution is -2.21. The highest BCUT2D eigenvalue weighted by Gasteiger charge is 2.18. The molecule has 0 aliphatic rings. The quantitative estimate of drug-likeness (QED) is 0.845. The van der Waals surface area contributed by atoms with Crippen LogP contribution in [0.4, 0.5) is 0 Å². The van der Waals surface area contributed by atoms with Gasteiger partial charge in [0.25, 0.3) is 0 Å². The largest absolute Gasteiger partial charge is 0.306 e. The second kappa shape index (κ2) is 6.60. The zero-order chi connectivity index (χ0) is 15.6. The molecule has 2 aromatic rings. The van der Waals surface area contributed by atoms with Crippen LogP contribution in [0.1, 0.15) is 29.0 Å². The van der Waals surface area contributed by atoms with E-state index in [1.165, 1.54) is 16.7 Å². The molecule has 6 heteroatoms. The summed E-state index contributed by atoms with van der Waals surface area (Å²) in [5, 5.41) is 3.43. The Kier molecular flexibility index (Phi) is 5.24. The molecule has 0 fully saturated rings. The minimum atomic E-state index is -3.19. The SMILES string of the molecule is CCNC(c1cccc(S(C)(=O)=O)c1)c1cc(C)c(Br)s1. The number of sulfone groups is 1. The Morgan fingerprint density at radius 2 is 2.05 bits per heavy atom. The Balaban J connectivity index is 2.48. The number of rotatable bonds is 5. The lowest BCUT2D eigenvalue weighted by Gasteiger charge is -2.17. The van der Waals surface area contributed by atoms with Crippen molar-refractivity contribution in [3.8, 4) is 0 Å². The van der Waals surface area contributed by atoms with E-state index in [9.17, 15) is 8.42 Å². The number of hydrogen-bond donors (Lipinski definition) is 1. The van der Waals surface area contributed by atoms with Gasteiger partial charge in [-0.1, -0.05) is 19.1 Å². The van der Waals surface area contributed by atoms with Crippen molar-refractivity contribution in [3.63, 3.8) is 0 Å². The average molecular weight is 388 g/mol. The third-order valence-electron chi connectivity index (χ3n) is 3.19. The van der Waals surface area contributed by atoms with Gasteiger partial charge >= 0.3 is 0 Å². The normalized spacial score (nSPS) is 13.3. The third-order valence-corrected chi connectivity index (χ3v) is 6.50. The van der Waals surface area contributed by atoms with E-state index in [1.807, 2.05) is 13.0 Å². The summed E-state index contributed by atoms with van der Waals surface area (Å²) in [5.41, 5.74) is 2.16. The average Bonchev–Trinajstić information content (AvgIpc) is 2.75. The topological polar surface area (TPSA) is 46.2 Å². The lowest BCUT2D eigenvalue weighted by atomic mass is 10.0. The number of halogens is 1. The van der Waals surface area contributed by atoms with Crippen LogP contribution < -0.4 is 5.32 Å². The maximum atomic E-state index is 11.7. The van der Waals surface area contributed by atoms with E-state index < -0.39 is 9.84 Å². The van der Waals surface area contributed by atoms with Crippen LogP contribution in [0.25, 0.3) is 0 Å². The fourth-order valence-corrected chi connectivity index (χ4v) is 4.49. The summed E-state index contributed by atoms with van der Waals surface area (Å²) in [6.07, 6.45) is 1.24. The molecule has 0 saturated heterocycles. The second-order valence-electron chi connectivity index (χ2n) is 4.94. The number of thiophene rings is 1. The summed E-state index contributed by atoms with van der Waals surface area (Å²) in [5.74, 6) is 0. The molecule has 1 aromatic heterocycles. The van der Waals surface area contributed by atoms with Gasteiger partial charge in [-0.25, -0.2) is 8.42 Å². The van der Waals surface area contributed by atoms with Gasteiger partial charge in [-0.05, 0) is 58.7 Å². The number of aryl methyl sites for hydroxylation is 1. The number of hydrogen-bond acceptors (Lipinski definition) is 4. The molecule has 0 radical (unpaired) electrons. The highest BCUT2D eigenvalue weighted by Crippen LogP contribution is 2.34. The molecule has 0 amide bonds. The summed E-state index contributed by atoms with van der Waals surface area (Å²) in [7, 11) is -3.19. The van der Waals surface area contributed by atoms with Crippen LogP contribution >= 0.6 is 27.3 Å². The molecule has 114 valence electrons. The van der Waals surface area contributed by atoms with Gasteiger partial charge in [0.2, 0.25) is 0 Å². The Hall–Kier alpha value is -0.690. The highest BCUT2D eigenvalue weighted by molar-refractivity contribution is 9.11. The smallest absolute Gasteiger partial charge is 0.175 e. The van der Waals surface area contributed by atoms with E-state index in [0.717, 1.165) is 15.9 Å². The minimum Gasteiger partial charge on any atom is -0.306 e. The predicted molar refractivity (Wildman–Crippen MR) is 91.8 cm³/mol. The van der Waals surface area contributed by atoms with Crippen molar-refractivity contribution in [1.82, 2.24) is 5.32 Å². The van der Waals surface area contributed by atoms with E-state index in [4.69, 9.17) is 0 Å². The second-order valence-corrected chi connectivity index (χ2v) is 9.36. The first-order valence-corrected chi connectivity index (χ1v) is 10.1. The van der Waals surface area contributed by atoms with Crippen LogP contribution in [0.15, 0.2) is 39.0 Å². The Labute approximate surface area is 138 Å². The molecule has 1 N–H and O–H groups in total. The van der Waals surface area contributed by atoms with E-state index in [1.54, 1.807) is 29.5 Å².